The number of halogens is 5. The number of hydrogen-bond donors (Lipinski definition) is 2. The van der Waals surface area contributed by atoms with Gasteiger partial charge in [-0.25, -0.2) is 0 Å². The lowest BCUT2D eigenvalue weighted by Crippen LogP contribution is -2.44. The van der Waals surface area contributed by atoms with Crippen LogP contribution < -0.4 is 5.32 Å². The summed E-state index contributed by atoms with van der Waals surface area (Å²) in [5, 5.41) is 13.4. The Morgan fingerprint density at radius 2 is 1.76 bits per heavy atom. The Hall–Kier alpha value is 0.700. The molecule has 1 fully saturated rings. The van der Waals surface area contributed by atoms with Gasteiger partial charge >= 0.3 is 0 Å². The Morgan fingerprint density at radius 1 is 1.19 bits per heavy atom. The summed E-state index contributed by atoms with van der Waals surface area (Å²) in [6.45, 7) is 7.83. The van der Waals surface area contributed by atoms with Crippen LogP contribution in [0.15, 0.2) is 32.1 Å². The van der Waals surface area contributed by atoms with Crippen LogP contribution in [0.25, 0.3) is 0 Å². The van der Waals surface area contributed by atoms with Gasteiger partial charge < -0.3 is 10.4 Å². The Morgan fingerprint density at radius 3 is 2.29 bits per heavy atom. The molecule has 0 aromatic heterocycles. The maximum atomic E-state index is 10.1. The van der Waals surface area contributed by atoms with E-state index >= 15 is 0 Å². The monoisotopic (exact) mass is 524 g/mol. The molecule has 1 saturated heterocycles. The first-order valence-corrected chi connectivity index (χ1v) is 8.37. The fourth-order valence-corrected chi connectivity index (χ4v) is 4.87. The van der Waals surface area contributed by atoms with Gasteiger partial charge in [0, 0.05) is 36.2 Å². The lowest BCUT2D eigenvalue weighted by atomic mass is 10.0. The van der Waals surface area contributed by atoms with Gasteiger partial charge in [0.05, 0.1) is 15.0 Å². The van der Waals surface area contributed by atoms with Crippen LogP contribution in [-0.4, -0.2) is 36.2 Å². The molecule has 0 saturated carbocycles. The summed E-state index contributed by atoms with van der Waals surface area (Å²) in [5.41, 5.74) is 1.01. The van der Waals surface area contributed by atoms with Crippen molar-refractivity contribution >= 4 is 72.6 Å². The standard InChI is InChI=1S/C13H15Br3N2O.2ClH/c1-2-10(18-5-3-17-4-6-18)11-8(14)7-9(15)13(19)12(11)16;;/h2,7,10,17,19H,1,3-6H2;2*1H/t10-;;/m0../s1. The Kier molecular flexibility index (Phi) is 10.1. The summed E-state index contributed by atoms with van der Waals surface area (Å²) < 4.78 is 2.32. The van der Waals surface area contributed by atoms with Crippen LogP contribution in [0, 0.1) is 0 Å². The van der Waals surface area contributed by atoms with Crippen molar-refractivity contribution < 1.29 is 5.11 Å². The molecular formula is C13H17Br3Cl2N2O. The largest absolute Gasteiger partial charge is 0.506 e. The Bertz CT molecular complexity index is 497. The molecule has 1 aromatic rings. The quantitative estimate of drug-likeness (QED) is 0.562. The molecule has 3 nitrogen and oxygen atoms in total. The number of piperazine rings is 1. The lowest BCUT2D eigenvalue weighted by molar-refractivity contribution is 0.202. The minimum absolute atomic E-state index is 0. The maximum absolute atomic E-state index is 10.1. The number of nitrogens with one attached hydrogen (secondary N) is 1. The molecule has 0 aliphatic carbocycles. The maximum Gasteiger partial charge on any atom is 0.144 e. The molecule has 1 aliphatic heterocycles. The lowest BCUT2D eigenvalue weighted by Gasteiger charge is -2.34. The van der Waals surface area contributed by atoms with Gasteiger partial charge in [-0.1, -0.05) is 22.0 Å². The number of benzene rings is 1. The SMILES string of the molecule is C=C[C@@H](c1c(Br)cc(Br)c(O)c1Br)N1CCNCC1.Cl.Cl. The summed E-state index contributed by atoms with van der Waals surface area (Å²) in [6, 6.07) is 1.94. The predicted octanol–water partition coefficient (Wildman–Crippen LogP) is 4.66. The normalized spacial score (nSPS) is 16.5. The molecule has 0 spiro atoms. The molecule has 0 amide bonds. The van der Waals surface area contributed by atoms with Crippen molar-refractivity contribution in [2.75, 3.05) is 26.2 Å². The van der Waals surface area contributed by atoms with E-state index in [0.717, 1.165) is 36.2 Å². The zero-order valence-electron chi connectivity index (χ0n) is 11.1. The van der Waals surface area contributed by atoms with Gasteiger partial charge in [0.25, 0.3) is 0 Å². The third-order valence-corrected chi connectivity index (χ3v) is 5.31. The van der Waals surface area contributed by atoms with Gasteiger partial charge in [0.15, 0.2) is 0 Å². The fourth-order valence-electron chi connectivity index (χ4n) is 2.28. The number of phenols is 1. The molecule has 0 unspecified atom stereocenters. The smallest absolute Gasteiger partial charge is 0.144 e. The van der Waals surface area contributed by atoms with Crippen molar-refractivity contribution in [1.29, 1.82) is 0 Å². The van der Waals surface area contributed by atoms with E-state index in [9.17, 15) is 5.11 Å². The number of nitrogens with zero attached hydrogens (tertiary/aromatic N) is 1. The van der Waals surface area contributed by atoms with E-state index in [-0.39, 0.29) is 36.6 Å². The van der Waals surface area contributed by atoms with Crippen molar-refractivity contribution in [3.8, 4) is 5.75 Å². The van der Waals surface area contributed by atoms with Gasteiger partial charge in [0.1, 0.15) is 5.75 Å². The predicted molar refractivity (Wildman–Crippen MR) is 103 cm³/mol. The number of hydrogen-bond acceptors (Lipinski definition) is 3. The van der Waals surface area contributed by atoms with E-state index in [1.807, 2.05) is 12.1 Å². The first kappa shape index (κ1) is 21.7. The summed E-state index contributed by atoms with van der Waals surface area (Å²) >= 11 is 10.4. The summed E-state index contributed by atoms with van der Waals surface area (Å²) in [6.07, 6.45) is 1.92. The van der Waals surface area contributed by atoms with E-state index in [0.29, 0.717) is 8.95 Å². The van der Waals surface area contributed by atoms with E-state index in [1.165, 1.54) is 0 Å². The molecule has 8 heteroatoms. The van der Waals surface area contributed by atoms with Crippen molar-refractivity contribution in [3.63, 3.8) is 0 Å². The second kappa shape index (κ2) is 9.75. The molecule has 1 aliphatic rings. The first-order valence-electron chi connectivity index (χ1n) is 6.00. The van der Waals surface area contributed by atoms with E-state index in [1.54, 1.807) is 0 Å². The third-order valence-electron chi connectivity index (χ3n) is 3.25. The van der Waals surface area contributed by atoms with Crippen molar-refractivity contribution in [1.82, 2.24) is 10.2 Å². The second-order valence-electron chi connectivity index (χ2n) is 4.38. The zero-order valence-corrected chi connectivity index (χ0v) is 17.5. The summed E-state index contributed by atoms with van der Waals surface area (Å²) in [7, 11) is 0. The third kappa shape index (κ3) is 4.83. The van der Waals surface area contributed by atoms with Crippen LogP contribution in [0.3, 0.4) is 0 Å². The first-order chi connectivity index (χ1) is 9.06. The minimum Gasteiger partial charge on any atom is -0.506 e. The molecule has 1 aromatic carbocycles. The van der Waals surface area contributed by atoms with Gasteiger partial charge in [0.2, 0.25) is 0 Å². The molecule has 1 atom stereocenters. The molecule has 21 heavy (non-hydrogen) atoms. The number of aromatic hydroxyl groups is 1. The highest BCUT2D eigenvalue weighted by Crippen LogP contribution is 2.43. The summed E-state index contributed by atoms with van der Waals surface area (Å²) in [4.78, 5) is 2.35. The molecule has 120 valence electrons. The summed E-state index contributed by atoms with van der Waals surface area (Å²) in [5.74, 6) is 0.222. The van der Waals surface area contributed by atoms with Crippen molar-refractivity contribution in [2.24, 2.45) is 0 Å². The Labute approximate surface area is 162 Å². The molecule has 1 heterocycles. The average molecular weight is 528 g/mol. The zero-order chi connectivity index (χ0) is 14.0. The molecular weight excluding hydrogens is 511 g/mol. The fraction of sp³-hybridized carbons (Fsp3) is 0.385. The molecule has 0 bridgehead atoms. The van der Waals surface area contributed by atoms with Crippen molar-refractivity contribution in [2.45, 2.75) is 6.04 Å². The van der Waals surface area contributed by atoms with Gasteiger partial charge in [-0.2, -0.15) is 0 Å². The van der Waals surface area contributed by atoms with Gasteiger partial charge in [-0.15, -0.1) is 31.4 Å². The van der Waals surface area contributed by atoms with Crippen LogP contribution in [0.2, 0.25) is 0 Å². The van der Waals surface area contributed by atoms with Gasteiger partial charge in [-0.3, -0.25) is 4.90 Å². The molecule has 0 radical (unpaired) electrons. The molecule has 2 N–H and O–H groups in total. The van der Waals surface area contributed by atoms with Crippen LogP contribution in [-0.2, 0) is 0 Å². The molecule has 2 rings (SSSR count). The van der Waals surface area contributed by atoms with Crippen LogP contribution in [0.5, 0.6) is 5.75 Å². The topological polar surface area (TPSA) is 35.5 Å². The highest BCUT2D eigenvalue weighted by atomic mass is 79.9. The van der Waals surface area contributed by atoms with E-state index in [2.05, 4.69) is 64.6 Å². The van der Waals surface area contributed by atoms with Gasteiger partial charge in [-0.05, 0) is 37.9 Å². The number of rotatable bonds is 3. The Balaban J connectivity index is 0.00000200. The van der Waals surface area contributed by atoms with Crippen LogP contribution in [0.1, 0.15) is 11.6 Å². The highest BCUT2D eigenvalue weighted by Gasteiger charge is 2.25. The van der Waals surface area contributed by atoms with Crippen LogP contribution >= 0.6 is 72.6 Å². The minimum atomic E-state index is 0. The number of phenolic OH excluding ortho intramolecular Hbond substituents is 1. The van der Waals surface area contributed by atoms with Crippen molar-refractivity contribution in [3.05, 3.63) is 37.7 Å². The second-order valence-corrected chi connectivity index (χ2v) is 6.88. The van der Waals surface area contributed by atoms with E-state index in [4.69, 9.17) is 0 Å². The highest BCUT2D eigenvalue weighted by molar-refractivity contribution is 9.11. The van der Waals surface area contributed by atoms with Crippen LogP contribution in [0.4, 0.5) is 0 Å². The average Bonchev–Trinajstić information content (AvgIpc) is 2.42. The van der Waals surface area contributed by atoms with E-state index < -0.39 is 0 Å².